The molecule has 1 nitrogen and oxygen atoms in total. The minimum atomic E-state index is -0.231. The second kappa shape index (κ2) is 5.84. The first-order valence-electron chi connectivity index (χ1n) is 6.54. The van der Waals surface area contributed by atoms with Crippen LogP contribution in [0.2, 0.25) is 0 Å². The van der Waals surface area contributed by atoms with Gasteiger partial charge < -0.3 is 5.32 Å². The van der Waals surface area contributed by atoms with E-state index in [2.05, 4.69) is 33.4 Å². The zero-order valence-electron chi connectivity index (χ0n) is 10.7. The van der Waals surface area contributed by atoms with E-state index < -0.39 is 0 Å². The number of nitrogens with one attached hydrogen (secondary N) is 1. The van der Waals surface area contributed by atoms with Gasteiger partial charge in [-0.2, -0.15) is 0 Å². The normalized spacial score (nSPS) is 20.9. The van der Waals surface area contributed by atoms with Crippen LogP contribution in [0, 0.1) is 5.82 Å². The minimum absolute atomic E-state index is 0.0457. The van der Waals surface area contributed by atoms with Gasteiger partial charge in [0, 0.05) is 17.1 Å². The molecule has 0 heterocycles. The zero-order valence-corrected chi connectivity index (χ0v) is 13.1. The van der Waals surface area contributed by atoms with Crippen LogP contribution in [-0.2, 0) is 13.0 Å². The molecule has 0 radical (unpaired) electrons. The SMILES string of the molecule is Fc1cc(Br)cc(CNC2c3ccccc3CC2Cl)c1. The molecule has 0 aliphatic heterocycles. The Morgan fingerprint density at radius 3 is 2.85 bits per heavy atom. The van der Waals surface area contributed by atoms with E-state index in [0.29, 0.717) is 6.54 Å². The summed E-state index contributed by atoms with van der Waals surface area (Å²) in [6.07, 6.45) is 0.877. The Bertz CT molecular complexity index is 611. The molecule has 0 amide bonds. The van der Waals surface area contributed by atoms with Gasteiger partial charge in [-0.25, -0.2) is 4.39 Å². The number of hydrogen-bond donors (Lipinski definition) is 1. The number of fused-ring (bicyclic) bond motifs is 1. The van der Waals surface area contributed by atoms with Crippen LogP contribution in [0.1, 0.15) is 22.7 Å². The van der Waals surface area contributed by atoms with Gasteiger partial charge >= 0.3 is 0 Å². The van der Waals surface area contributed by atoms with Crippen LogP contribution in [-0.4, -0.2) is 5.38 Å². The molecule has 2 unspecified atom stereocenters. The molecular weight excluding hydrogens is 341 g/mol. The van der Waals surface area contributed by atoms with Gasteiger partial charge in [0.05, 0.1) is 5.38 Å². The molecule has 0 bridgehead atoms. The van der Waals surface area contributed by atoms with Crippen LogP contribution in [0.15, 0.2) is 46.9 Å². The summed E-state index contributed by atoms with van der Waals surface area (Å²) in [6.45, 7) is 0.596. The molecule has 0 fully saturated rings. The van der Waals surface area contributed by atoms with E-state index in [4.69, 9.17) is 11.6 Å². The maximum Gasteiger partial charge on any atom is 0.124 e. The molecule has 0 spiro atoms. The summed E-state index contributed by atoms with van der Waals surface area (Å²) >= 11 is 9.74. The summed E-state index contributed by atoms with van der Waals surface area (Å²) in [5, 5.41) is 3.48. The largest absolute Gasteiger partial charge is 0.305 e. The Morgan fingerprint density at radius 2 is 2.05 bits per heavy atom. The number of hydrogen-bond acceptors (Lipinski definition) is 1. The molecule has 1 aliphatic carbocycles. The molecule has 104 valence electrons. The number of alkyl halides is 1. The highest BCUT2D eigenvalue weighted by Crippen LogP contribution is 2.34. The van der Waals surface area contributed by atoms with Crippen molar-refractivity contribution in [2.75, 3.05) is 0 Å². The van der Waals surface area contributed by atoms with Gasteiger partial charge in [-0.3, -0.25) is 0 Å². The lowest BCUT2D eigenvalue weighted by Gasteiger charge is -2.17. The predicted octanol–water partition coefficient (Wildman–Crippen LogP) is 4.58. The molecule has 20 heavy (non-hydrogen) atoms. The van der Waals surface area contributed by atoms with Crippen LogP contribution in [0.25, 0.3) is 0 Å². The average Bonchev–Trinajstić information content (AvgIpc) is 2.71. The standard InChI is InChI=1S/C16H14BrClFN/c17-12-5-10(6-13(19)8-12)9-20-16-14-4-2-1-3-11(14)7-15(16)18/h1-6,8,15-16,20H,7,9H2. The van der Waals surface area contributed by atoms with E-state index in [1.165, 1.54) is 17.2 Å². The van der Waals surface area contributed by atoms with E-state index in [-0.39, 0.29) is 17.2 Å². The van der Waals surface area contributed by atoms with Crippen molar-refractivity contribution in [3.8, 4) is 0 Å². The van der Waals surface area contributed by atoms with Crippen molar-refractivity contribution < 1.29 is 4.39 Å². The monoisotopic (exact) mass is 353 g/mol. The van der Waals surface area contributed by atoms with Crippen LogP contribution in [0.5, 0.6) is 0 Å². The fraction of sp³-hybridized carbons (Fsp3) is 0.250. The Balaban J connectivity index is 1.75. The second-order valence-electron chi connectivity index (χ2n) is 5.06. The lowest BCUT2D eigenvalue weighted by atomic mass is 10.1. The van der Waals surface area contributed by atoms with E-state index in [1.54, 1.807) is 6.07 Å². The smallest absolute Gasteiger partial charge is 0.124 e. The maximum absolute atomic E-state index is 13.4. The topological polar surface area (TPSA) is 12.0 Å². The highest BCUT2D eigenvalue weighted by Gasteiger charge is 2.30. The number of rotatable bonds is 3. The lowest BCUT2D eigenvalue weighted by Crippen LogP contribution is -2.25. The Labute approximate surface area is 131 Å². The predicted molar refractivity (Wildman–Crippen MR) is 83.5 cm³/mol. The minimum Gasteiger partial charge on any atom is -0.305 e. The first kappa shape index (κ1) is 14.1. The summed E-state index contributed by atoms with van der Waals surface area (Å²) < 4.78 is 14.1. The van der Waals surface area contributed by atoms with Crippen molar-refractivity contribution in [3.63, 3.8) is 0 Å². The second-order valence-corrected chi connectivity index (χ2v) is 6.53. The van der Waals surface area contributed by atoms with E-state index in [0.717, 1.165) is 16.5 Å². The van der Waals surface area contributed by atoms with E-state index in [9.17, 15) is 4.39 Å². The van der Waals surface area contributed by atoms with Crippen LogP contribution >= 0.6 is 27.5 Å². The molecule has 0 aromatic heterocycles. The van der Waals surface area contributed by atoms with E-state index >= 15 is 0 Å². The molecule has 2 atom stereocenters. The summed E-state index contributed by atoms with van der Waals surface area (Å²) in [5.74, 6) is -0.231. The molecule has 1 aliphatic rings. The summed E-state index contributed by atoms with van der Waals surface area (Å²) in [4.78, 5) is 0. The third-order valence-corrected chi connectivity index (χ3v) is 4.48. The van der Waals surface area contributed by atoms with Gasteiger partial charge in [0.25, 0.3) is 0 Å². The van der Waals surface area contributed by atoms with Crippen molar-refractivity contribution in [2.45, 2.75) is 24.4 Å². The fourth-order valence-electron chi connectivity index (χ4n) is 2.72. The number of benzene rings is 2. The van der Waals surface area contributed by atoms with Gasteiger partial charge in [0.1, 0.15) is 5.82 Å². The third-order valence-electron chi connectivity index (χ3n) is 3.62. The highest BCUT2D eigenvalue weighted by atomic mass is 79.9. The first-order chi connectivity index (χ1) is 9.63. The summed E-state index contributed by atoms with van der Waals surface area (Å²) in [5.41, 5.74) is 3.46. The molecule has 2 aromatic rings. The van der Waals surface area contributed by atoms with Crippen molar-refractivity contribution in [1.82, 2.24) is 5.32 Å². The zero-order chi connectivity index (χ0) is 14.1. The van der Waals surface area contributed by atoms with Gasteiger partial charge in [-0.05, 0) is 41.3 Å². The van der Waals surface area contributed by atoms with Gasteiger partial charge in [-0.15, -0.1) is 11.6 Å². The molecular formula is C16H14BrClFN. The average molecular weight is 355 g/mol. The van der Waals surface area contributed by atoms with Gasteiger partial charge in [0.15, 0.2) is 0 Å². The quantitative estimate of drug-likeness (QED) is 0.795. The van der Waals surface area contributed by atoms with Crippen LogP contribution < -0.4 is 5.32 Å². The van der Waals surface area contributed by atoms with E-state index in [1.807, 2.05) is 18.2 Å². The molecule has 2 aromatic carbocycles. The Morgan fingerprint density at radius 1 is 1.25 bits per heavy atom. The fourth-order valence-corrected chi connectivity index (χ4v) is 3.63. The Kier molecular flexibility index (Phi) is 4.11. The van der Waals surface area contributed by atoms with Crippen molar-refractivity contribution in [2.24, 2.45) is 0 Å². The molecule has 0 saturated heterocycles. The van der Waals surface area contributed by atoms with Crippen LogP contribution in [0.4, 0.5) is 4.39 Å². The van der Waals surface area contributed by atoms with Crippen LogP contribution in [0.3, 0.4) is 0 Å². The highest BCUT2D eigenvalue weighted by molar-refractivity contribution is 9.10. The van der Waals surface area contributed by atoms with Crippen molar-refractivity contribution in [3.05, 3.63) is 69.4 Å². The maximum atomic E-state index is 13.4. The summed E-state index contributed by atoms with van der Waals surface area (Å²) in [7, 11) is 0. The Hall–Kier alpha value is -0.900. The molecule has 4 heteroatoms. The first-order valence-corrected chi connectivity index (χ1v) is 7.76. The van der Waals surface area contributed by atoms with Crippen molar-refractivity contribution in [1.29, 1.82) is 0 Å². The third kappa shape index (κ3) is 2.90. The molecule has 3 rings (SSSR count). The van der Waals surface area contributed by atoms with Gasteiger partial charge in [-0.1, -0.05) is 40.2 Å². The number of halogens is 3. The summed E-state index contributed by atoms with van der Waals surface area (Å²) in [6, 6.07) is 13.3. The molecule has 0 saturated carbocycles. The lowest BCUT2D eigenvalue weighted by molar-refractivity contribution is 0.533. The molecule has 1 N–H and O–H groups in total. The van der Waals surface area contributed by atoms with Gasteiger partial charge in [0.2, 0.25) is 0 Å². The van der Waals surface area contributed by atoms with Crippen molar-refractivity contribution >= 4 is 27.5 Å².